The highest BCUT2D eigenvalue weighted by Gasteiger charge is 2.26. The van der Waals surface area contributed by atoms with Crippen molar-refractivity contribution in [3.05, 3.63) is 47.5 Å². The minimum Gasteiger partial charge on any atom is -0.507 e. The summed E-state index contributed by atoms with van der Waals surface area (Å²) in [4.78, 5) is 1.87. The average Bonchev–Trinajstić information content (AvgIpc) is 3.40. The summed E-state index contributed by atoms with van der Waals surface area (Å²) in [5.41, 5.74) is 6.76. The lowest BCUT2D eigenvalue weighted by molar-refractivity contribution is 0.174. The second kappa shape index (κ2) is 6.84. The van der Waals surface area contributed by atoms with Crippen molar-refractivity contribution >= 4 is 29.2 Å². The predicted octanol–water partition coefficient (Wildman–Crippen LogP) is 3.34. The van der Waals surface area contributed by atoms with Crippen molar-refractivity contribution in [1.29, 1.82) is 0 Å². The maximum atomic E-state index is 10.4. The summed E-state index contributed by atoms with van der Waals surface area (Å²) in [6.07, 6.45) is 2.37. The molecule has 0 bridgehead atoms. The summed E-state index contributed by atoms with van der Waals surface area (Å²) in [6.45, 7) is 0.222. The van der Waals surface area contributed by atoms with E-state index in [4.69, 9.17) is 21.7 Å². The van der Waals surface area contributed by atoms with Gasteiger partial charge in [0.15, 0.2) is 17.3 Å². The highest BCUT2D eigenvalue weighted by atomic mass is 32.1. The number of ether oxygens (including phenoxy) is 2. The van der Waals surface area contributed by atoms with Crippen molar-refractivity contribution in [2.75, 3.05) is 18.7 Å². The Morgan fingerprint density at radius 2 is 2.04 bits per heavy atom. The van der Waals surface area contributed by atoms with Crippen molar-refractivity contribution in [2.24, 2.45) is 5.10 Å². The smallest absolute Gasteiger partial charge is 0.231 e. The van der Waals surface area contributed by atoms with Gasteiger partial charge in [-0.05, 0) is 48.6 Å². The Morgan fingerprint density at radius 1 is 1.23 bits per heavy atom. The Hall–Kier alpha value is -2.80. The fraction of sp³-hybridized carbons (Fsp3) is 0.263. The van der Waals surface area contributed by atoms with Crippen LogP contribution in [-0.4, -0.2) is 30.3 Å². The Labute approximate surface area is 157 Å². The molecule has 0 saturated heterocycles. The molecule has 0 aromatic heterocycles. The highest BCUT2D eigenvalue weighted by Crippen LogP contribution is 2.41. The molecule has 1 aliphatic carbocycles. The fourth-order valence-electron chi connectivity index (χ4n) is 3.02. The largest absolute Gasteiger partial charge is 0.507 e. The van der Waals surface area contributed by atoms with Crippen LogP contribution in [0.1, 0.15) is 29.9 Å². The van der Waals surface area contributed by atoms with Crippen molar-refractivity contribution in [1.82, 2.24) is 5.43 Å². The molecule has 1 fully saturated rings. The van der Waals surface area contributed by atoms with Gasteiger partial charge in [-0.25, -0.2) is 0 Å². The summed E-state index contributed by atoms with van der Waals surface area (Å²) >= 11 is 4.84. The molecule has 7 heteroatoms. The van der Waals surface area contributed by atoms with Gasteiger partial charge in [0, 0.05) is 18.8 Å². The van der Waals surface area contributed by atoms with Gasteiger partial charge in [0.2, 0.25) is 6.79 Å². The van der Waals surface area contributed by atoms with Gasteiger partial charge in [-0.1, -0.05) is 18.3 Å². The summed E-state index contributed by atoms with van der Waals surface area (Å²) in [5.74, 6) is 2.71. The van der Waals surface area contributed by atoms with Crippen molar-refractivity contribution in [2.45, 2.75) is 18.8 Å². The molecule has 2 aromatic rings. The van der Waals surface area contributed by atoms with Crippen LogP contribution in [0, 0.1) is 0 Å². The molecule has 134 valence electrons. The number of hydrogen-bond acceptors (Lipinski definition) is 5. The molecule has 0 spiro atoms. The van der Waals surface area contributed by atoms with E-state index in [1.165, 1.54) is 23.9 Å². The number of anilines is 1. The molecule has 2 aromatic carbocycles. The van der Waals surface area contributed by atoms with E-state index in [2.05, 4.69) is 10.5 Å². The fourth-order valence-corrected chi connectivity index (χ4v) is 3.08. The van der Waals surface area contributed by atoms with Gasteiger partial charge < -0.3 is 19.5 Å². The van der Waals surface area contributed by atoms with Gasteiger partial charge >= 0.3 is 0 Å². The molecule has 0 atom stereocenters. The molecule has 0 radical (unpaired) electrons. The van der Waals surface area contributed by atoms with Gasteiger partial charge in [-0.3, -0.25) is 5.43 Å². The molecule has 2 aliphatic rings. The third-order valence-electron chi connectivity index (χ3n) is 4.59. The minimum absolute atomic E-state index is 0.173. The van der Waals surface area contributed by atoms with Crippen LogP contribution in [0.25, 0.3) is 0 Å². The second-order valence-electron chi connectivity index (χ2n) is 6.33. The Bertz CT molecular complexity index is 880. The molecule has 6 nitrogen and oxygen atoms in total. The first kappa shape index (κ1) is 16.7. The first-order valence-electron chi connectivity index (χ1n) is 8.41. The van der Waals surface area contributed by atoms with Crippen molar-refractivity contribution < 1.29 is 14.6 Å². The van der Waals surface area contributed by atoms with Crippen LogP contribution in [-0.2, 0) is 0 Å². The van der Waals surface area contributed by atoms with Crippen LogP contribution >= 0.6 is 12.2 Å². The number of thiocarbonyl (C=S) groups is 1. The van der Waals surface area contributed by atoms with Crippen LogP contribution in [0.4, 0.5) is 5.69 Å². The van der Waals surface area contributed by atoms with E-state index in [1.54, 1.807) is 6.07 Å². The number of benzene rings is 2. The molecule has 2 N–H and O–H groups in total. The third kappa shape index (κ3) is 3.17. The van der Waals surface area contributed by atoms with E-state index in [0.29, 0.717) is 23.1 Å². The number of hydrazone groups is 1. The van der Waals surface area contributed by atoms with Gasteiger partial charge in [0.1, 0.15) is 5.75 Å². The zero-order valence-corrected chi connectivity index (χ0v) is 15.1. The molecule has 26 heavy (non-hydrogen) atoms. The molecular weight excluding hydrogens is 350 g/mol. The van der Waals surface area contributed by atoms with Crippen LogP contribution in [0.15, 0.2) is 41.5 Å². The van der Waals surface area contributed by atoms with Gasteiger partial charge in [-0.2, -0.15) is 5.10 Å². The molecular formula is C19H19N3O3S. The molecule has 0 amide bonds. The Balaban J connectivity index is 1.73. The number of fused-ring (bicyclic) bond motifs is 1. The molecule has 1 saturated carbocycles. The number of aromatic hydroxyl groups is 1. The Kier molecular flexibility index (Phi) is 4.38. The maximum Gasteiger partial charge on any atom is 0.231 e. The average molecular weight is 369 g/mol. The van der Waals surface area contributed by atoms with E-state index < -0.39 is 0 Å². The molecule has 1 aliphatic heterocycles. The van der Waals surface area contributed by atoms with Crippen LogP contribution in [0.2, 0.25) is 0 Å². The lowest BCUT2D eigenvalue weighted by Crippen LogP contribution is -2.29. The van der Waals surface area contributed by atoms with Crippen LogP contribution in [0.3, 0.4) is 0 Å². The molecule has 0 unspecified atom stereocenters. The van der Waals surface area contributed by atoms with Crippen LogP contribution in [0.5, 0.6) is 17.2 Å². The van der Waals surface area contributed by atoms with Gasteiger partial charge in [-0.15, -0.1) is 0 Å². The maximum absolute atomic E-state index is 10.4. The SMILES string of the molecule is CN(/C(=N\NC=S)c1cc(C2CC2)ccc1O)c1ccc2c(c1)OCO2. The van der Waals surface area contributed by atoms with Crippen molar-refractivity contribution in [3.63, 3.8) is 0 Å². The predicted molar refractivity (Wildman–Crippen MR) is 104 cm³/mol. The number of nitrogens with one attached hydrogen (secondary N) is 1. The first-order valence-corrected chi connectivity index (χ1v) is 8.88. The summed E-state index contributed by atoms with van der Waals surface area (Å²) in [5, 5.41) is 14.8. The first-order chi connectivity index (χ1) is 12.7. The number of phenolic OH excluding ortho intramolecular Hbond substituents is 1. The number of hydrogen-bond donors (Lipinski definition) is 2. The number of amidine groups is 1. The third-order valence-corrected chi connectivity index (χ3v) is 4.70. The highest BCUT2D eigenvalue weighted by molar-refractivity contribution is 7.78. The lowest BCUT2D eigenvalue weighted by atomic mass is 10.0. The minimum atomic E-state index is 0.173. The summed E-state index contributed by atoms with van der Waals surface area (Å²) in [7, 11) is 1.88. The monoisotopic (exact) mass is 369 g/mol. The van der Waals surface area contributed by atoms with Gasteiger partial charge in [0.05, 0.1) is 11.1 Å². The Morgan fingerprint density at radius 3 is 2.81 bits per heavy atom. The number of phenols is 1. The van der Waals surface area contributed by atoms with Gasteiger partial charge in [0.25, 0.3) is 0 Å². The van der Waals surface area contributed by atoms with Crippen molar-refractivity contribution in [3.8, 4) is 17.2 Å². The van der Waals surface area contributed by atoms with E-state index in [0.717, 1.165) is 11.4 Å². The van der Waals surface area contributed by atoms with E-state index in [1.807, 2.05) is 42.3 Å². The van der Waals surface area contributed by atoms with Crippen LogP contribution < -0.4 is 19.8 Å². The quantitative estimate of drug-likeness (QED) is 0.365. The lowest BCUT2D eigenvalue weighted by Gasteiger charge is -2.22. The molecule has 1 heterocycles. The van der Waals surface area contributed by atoms with E-state index >= 15 is 0 Å². The zero-order valence-electron chi connectivity index (χ0n) is 14.3. The zero-order chi connectivity index (χ0) is 18.1. The number of rotatable bonds is 5. The summed E-state index contributed by atoms with van der Waals surface area (Å²) in [6, 6.07) is 11.4. The van der Waals surface area contributed by atoms with E-state index in [9.17, 15) is 5.11 Å². The second-order valence-corrected chi connectivity index (χ2v) is 6.57. The standard InChI is InChI=1S/C19H19N3O3S/c1-22(14-5-7-17-18(9-14)25-11-24-17)19(21-20-10-26)15-8-13(12-2-3-12)4-6-16(15)23/h4-10,12,23H,2-3,11H2,1H3,(H,20,26)/b21-19-. The topological polar surface area (TPSA) is 66.3 Å². The summed E-state index contributed by atoms with van der Waals surface area (Å²) < 4.78 is 10.8. The molecule has 4 rings (SSSR count). The number of nitrogens with zero attached hydrogens (tertiary/aromatic N) is 2. The van der Waals surface area contributed by atoms with E-state index in [-0.39, 0.29) is 12.5 Å². The normalized spacial score (nSPS) is 15.7.